The molecule has 1 N–H and O–H groups in total. The van der Waals surface area contributed by atoms with Crippen molar-refractivity contribution in [2.45, 2.75) is 6.04 Å². The van der Waals surface area contributed by atoms with Crippen LogP contribution in [0.25, 0.3) is 16.7 Å². The SMILES string of the molecule is Ic1ccc(C2=CC(c3ccccc3)n3c(nc4ccccc43)N2)cc1. The van der Waals surface area contributed by atoms with Crippen molar-refractivity contribution in [2.75, 3.05) is 5.32 Å². The van der Waals surface area contributed by atoms with Gasteiger partial charge in [-0.25, -0.2) is 4.98 Å². The van der Waals surface area contributed by atoms with E-state index in [0.29, 0.717) is 0 Å². The number of nitrogens with one attached hydrogen (secondary N) is 1. The van der Waals surface area contributed by atoms with E-state index >= 15 is 0 Å². The van der Waals surface area contributed by atoms with Gasteiger partial charge in [-0.05, 0) is 64.1 Å². The highest BCUT2D eigenvalue weighted by molar-refractivity contribution is 14.1. The maximum atomic E-state index is 4.83. The normalized spacial score (nSPS) is 16.0. The smallest absolute Gasteiger partial charge is 0.209 e. The quantitative estimate of drug-likeness (QED) is 0.398. The van der Waals surface area contributed by atoms with Crippen LogP contribution in [-0.4, -0.2) is 9.55 Å². The number of halogens is 1. The molecule has 0 saturated carbocycles. The molecule has 1 atom stereocenters. The van der Waals surface area contributed by atoms with Gasteiger partial charge in [-0.1, -0.05) is 54.6 Å². The Hall–Kier alpha value is -2.60. The molecule has 1 aliphatic heterocycles. The van der Waals surface area contributed by atoms with Crippen LogP contribution in [0.15, 0.2) is 84.9 Å². The number of imidazole rings is 1. The summed E-state index contributed by atoms with van der Waals surface area (Å²) in [7, 11) is 0. The van der Waals surface area contributed by atoms with Crippen LogP contribution in [0.5, 0.6) is 0 Å². The Bertz CT molecular complexity index is 1110. The number of para-hydroxylation sites is 2. The van der Waals surface area contributed by atoms with Crippen molar-refractivity contribution in [2.24, 2.45) is 0 Å². The predicted octanol–water partition coefficient (Wildman–Crippen LogP) is 5.70. The van der Waals surface area contributed by atoms with Crippen LogP contribution < -0.4 is 5.32 Å². The number of hydrogen-bond acceptors (Lipinski definition) is 2. The molecule has 26 heavy (non-hydrogen) atoms. The molecule has 0 bridgehead atoms. The molecule has 3 nitrogen and oxygen atoms in total. The average Bonchev–Trinajstić information content (AvgIpc) is 3.07. The van der Waals surface area contributed by atoms with E-state index in [1.165, 1.54) is 14.7 Å². The Morgan fingerprint density at radius 1 is 0.846 bits per heavy atom. The number of benzene rings is 3. The number of anilines is 1. The molecule has 3 aromatic carbocycles. The first-order chi connectivity index (χ1) is 12.8. The van der Waals surface area contributed by atoms with Crippen LogP contribution in [0.2, 0.25) is 0 Å². The summed E-state index contributed by atoms with van der Waals surface area (Å²) in [5.74, 6) is 0.885. The van der Waals surface area contributed by atoms with Gasteiger partial charge in [-0.2, -0.15) is 0 Å². The van der Waals surface area contributed by atoms with Gasteiger partial charge in [0.25, 0.3) is 0 Å². The van der Waals surface area contributed by atoms with Crippen molar-refractivity contribution in [3.63, 3.8) is 0 Å². The van der Waals surface area contributed by atoms with Gasteiger partial charge in [-0.15, -0.1) is 0 Å². The second-order valence-electron chi connectivity index (χ2n) is 6.36. The molecule has 0 saturated heterocycles. The predicted molar refractivity (Wildman–Crippen MR) is 115 cm³/mol. The van der Waals surface area contributed by atoms with Crippen molar-refractivity contribution < 1.29 is 0 Å². The molecule has 5 rings (SSSR count). The zero-order valence-corrected chi connectivity index (χ0v) is 16.1. The third-order valence-electron chi connectivity index (χ3n) is 4.74. The van der Waals surface area contributed by atoms with E-state index < -0.39 is 0 Å². The molecule has 0 aliphatic carbocycles. The number of fused-ring (bicyclic) bond motifs is 3. The minimum atomic E-state index is 0.106. The highest BCUT2D eigenvalue weighted by atomic mass is 127. The van der Waals surface area contributed by atoms with Crippen molar-refractivity contribution >= 4 is 45.3 Å². The van der Waals surface area contributed by atoms with E-state index in [4.69, 9.17) is 4.98 Å². The largest absolute Gasteiger partial charge is 0.325 e. The van der Waals surface area contributed by atoms with Gasteiger partial charge in [0.1, 0.15) is 0 Å². The molecule has 1 aliphatic rings. The van der Waals surface area contributed by atoms with E-state index in [9.17, 15) is 0 Å². The zero-order chi connectivity index (χ0) is 17.5. The minimum Gasteiger partial charge on any atom is -0.325 e. The number of rotatable bonds is 2. The summed E-state index contributed by atoms with van der Waals surface area (Å²) < 4.78 is 3.51. The van der Waals surface area contributed by atoms with E-state index in [1.807, 2.05) is 6.07 Å². The van der Waals surface area contributed by atoms with Crippen LogP contribution in [0.1, 0.15) is 17.2 Å². The van der Waals surface area contributed by atoms with Crippen molar-refractivity contribution in [3.8, 4) is 0 Å². The van der Waals surface area contributed by atoms with E-state index in [-0.39, 0.29) is 6.04 Å². The second-order valence-corrected chi connectivity index (χ2v) is 7.61. The molecule has 0 amide bonds. The van der Waals surface area contributed by atoms with Gasteiger partial charge < -0.3 is 5.32 Å². The number of aromatic nitrogens is 2. The molecule has 2 heterocycles. The van der Waals surface area contributed by atoms with E-state index in [2.05, 4.69) is 111 Å². The Balaban J connectivity index is 1.72. The fourth-order valence-electron chi connectivity index (χ4n) is 3.50. The highest BCUT2D eigenvalue weighted by Gasteiger charge is 2.25. The first kappa shape index (κ1) is 15.6. The summed E-state index contributed by atoms with van der Waals surface area (Å²) in [5.41, 5.74) is 5.67. The maximum absolute atomic E-state index is 4.83. The summed E-state index contributed by atoms with van der Waals surface area (Å²) in [6.45, 7) is 0. The fourth-order valence-corrected chi connectivity index (χ4v) is 3.86. The topological polar surface area (TPSA) is 29.9 Å². The third-order valence-corrected chi connectivity index (χ3v) is 5.46. The molecule has 4 aromatic rings. The lowest BCUT2D eigenvalue weighted by Gasteiger charge is -2.26. The number of hydrogen-bond donors (Lipinski definition) is 1. The Morgan fingerprint density at radius 2 is 1.58 bits per heavy atom. The minimum absolute atomic E-state index is 0.106. The van der Waals surface area contributed by atoms with Crippen LogP contribution in [0.3, 0.4) is 0 Å². The summed E-state index contributed by atoms with van der Waals surface area (Å²) >= 11 is 2.33. The molecular formula is C22H16IN3. The lowest BCUT2D eigenvalue weighted by Crippen LogP contribution is -2.19. The molecule has 0 spiro atoms. The van der Waals surface area contributed by atoms with Crippen molar-refractivity contribution in [1.29, 1.82) is 0 Å². The fraction of sp³-hybridized carbons (Fsp3) is 0.0455. The van der Waals surface area contributed by atoms with Gasteiger partial charge in [-0.3, -0.25) is 4.57 Å². The monoisotopic (exact) mass is 449 g/mol. The molecule has 0 radical (unpaired) electrons. The average molecular weight is 449 g/mol. The third kappa shape index (κ3) is 2.61. The summed E-state index contributed by atoms with van der Waals surface area (Å²) in [6.07, 6.45) is 2.29. The number of allylic oxidation sites excluding steroid dienone is 1. The van der Waals surface area contributed by atoms with Gasteiger partial charge in [0.2, 0.25) is 5.95 Å². The van der Waals surface area contributed by atoms with Gasteiger partial charge in [0.05, 0.1) is 17.1 Å². The lowest BCUT2D eigenvalue weighted by molar-refractivity contribution is 0.720. The van der Waals surface area contributed by atoms with Crippen molar-refractivity contribution in [3.05, 3.63) is 99.6 Å². The Kier molecular flexibility index (Phi) is 3.78. The van der Waals surface area contributed by atoms with Gasteiger partial charge in [0, 0.05) is 9.27 Å². The summed E-state index contributed by atoms with van der Waals surface area (Å²) in [5, 5.41) is 3.53. The molecule has 0 fully saturated rings. The van der Waals surface area contributed by atoms with Crippen LogP contribution in [0.4, 0.5) is 5.95 Å². The van der Waals surface area contributed by atoms with Crippen LogP contribution in [0, 0.1) is 3.57 Å². The Labute approximate surface area is 165 Å². The molecule has 126 valence electrons. The molecule has 4 heteroatoms. The maximum Gasteiger partial charge on any atom is 0.209 e. The Morgan fingerprint density at radius 3 is 2.38 bits per heavy atom. The van der Waals surface area contributed by atoms with Crippen molar-refractivity contribution in [1.82, 2.24) is 9.55 Å². The summed E-state index contributed by atoms with van der Waals surface area (Å²) in [6, 6.07) is 27.6. The van der Waals surface area contributed by atoms with Crippen LogP contribution in [-0.2, 0) is 0 Å². The highest BCUT2D eigenvalue weighted by Crippen LogP contribution is 2.36. The molecule has 1 unspecified atom stereocenters. The van der Waals surface area contributed by atoms with Gasteiger partial charge >= 0.3 is 0 Å². The van der Waals surface area contributed by atoms with Gasteiger partial charge in [0.15, 0.2) is 0 Å². The first-order valence-corrected chi connectivity index (χ1v) is 9.64. The lowest BCUT2D eigenvalue weighted by atomic mass is 10.0. The molecular weight excluding hydrogens is 433 g/mol. The zero-order valence-electron chi connectivity index (χ0n) is 13.9. The van der Waals surface area contributed by atoms with E-state index in [0.717, 1.165) is 22.7 Å². The second kappa shape index (κ2) is 6.29. The first-order valence-electron chi connectivity index (χ1n) is 8.56. The molecule has 1 aromatic heterocycles. The summed E-state index contributed by atoms with van der Waals surface area (Å²) in [4.78, 5) is 4.83. The number of nitrogens with zero attached hydrogens (tertiary/aromatic N) is 2. The standard InChI is InChI=1S/C22H16IN3/c23-17-12-10-15(11-13-17)19-14-21(16-6-2-1-3-7-16)26-20-9-5-4-8-18(20)24-22(26)25-19/h1-14,21H,(H,24,25). The van der Waals surface area contributed by atoms with E-state index in [1.54, 1.807) is 0 Å². The van der Waals surface area contributed by atoms with Crippen LogP contribution >= 0.6 is 22.6 Å².